The van der Waals surface area contributed by atoms with Gasteiger partial charge in [-0.25, -0.2) is 13.2 Å². The van der Waals surface area contributed by atoms with E-state index in [-0.39, 0.29) is 10.5 Å². The molecule has 1 aliphatic heterocycles. The number of morpholine rings is 1. The fourth-order valence-electron chi connectivity index (χ4n) is 3.19. The summed E-state index contributed by atoms with van der Waals surface area (Å²) in [6.07, 6.45) is 0. The van der Waals surface area contributed by atoms with Crippen LogP contribution in [0.4, 0.5) is 11.4 Å². The molecule has 4 rings (SSSR count). The van der Waals surface area contributed by atoms with E-state index < -0.39 is 15.8 Å². The molecular weight excluding hydrogens is 406 g/mol. The summed E-state index contributed by atoms with van der Waals surface area (Å²) in [4.78, 5) is 13.6. The molecule has 28 heavy (non-hydrogen) atoms. The zero-order valence-electron chi connectivity index (χ0n) is 15.0. The number of aryl methyl sites for hydroxylation is 1. The van der Waals surface area contributed by atoms with Crippen LogP contribution in [0, 0.1) is 0 Å². The number of anilines is 2. The molecule has 0 bridgehead atoms. The Kier molecular flexibility index (Phi) is 4.82. The van der Waals surface area contributed by atoms with E-state index >= 15 is 0 Å². The van der Waals surface area contributed by atoms with E-state index in [1.54, 1.807) is 25.2 Å². The number of ether oxygens (including phenoxy) is 1. The third-order valence-electron chi connectivity index (χ3n) is 4.63. The number of para-hydroxylation sites is 1. The second-order valence-corrected chi connectivity index (χ2v) is 8.49. The standard InChI is InChI=1S/C18H18ClN3O5S/c1-21-15-6-5-12(11-16(15)27-18(21)23)28(24,25)20-14-4-2-3-13(19)17(14)22-7-9-26-10-8-22/h2-6,11,20H,7-10H2,1H3. The van der Waals surface area contributed by atoms with Gasteiger partial charge in [0, 0.05) is 26.2 Å². The lowest BCUT2D eigenvalue weighted by Gasteiger charge is -2.31. The number of hydrogen-bond donors (Lipinski definition) is 1. The second kappa shape index (κ2) is 7.16. The van der Waals surface area contributed by atoms with Crippen molar-refractivity contribution in [1.82, 2.24) is 4.57 Å². The predicted octanol–water partition coefficient (Wildman–Crippen LogP) is 2.42. The van der Waals surface area contributed by atoms with Crippen LogP contribution < -0.4 is 15.4 Å². The highest BCUT2D eigenvalue weighted by molar-refractivity contribution is 7.92. The van der Waals surface area contributed by atoms with Gasteiger partial charge in [0.15, 0.2) is 5.58 Å². The van der Waals surface area contributed by atoms with E-state index in [1.807, 2.05) is 4.90 Å². The third kappa shape index (κ3) is 3.36. The summed E-state index contributed by atoms with van der Waals surface area (Å²) >= 11 is 6.37. The van der Waals surface area contributed by atoms with Crippen molar-refractivity contribution in [3.8, 4) is 0 Å². The van der Waals surface area contributed by atoms with Crippen molar-refractivity contribution < 1.29 is 17.6 Å². The average molecular weight is 424 g/mol. The van der Waals surface area contributed by atoms with Crippen molar-refractivity contribution in [1.29, 1.82) is 0 Å². The minimum atomic E-state index is -3.92. The maximum absolute atomic E-state index is 13.0. The summed E-state index contributed by atoms with van der Waals surface area (Å²) in [5.74, 6) is -0.554. The first-order valence-corrected chi connectivity index (χ1v) is 10.5. The van der Waals surface area contributed by atoms with Gasteiger partial charge in [-0.2, -0.15) is 0 Å². The van der Waals surface area contributed by atoms with Crippen LogP contribution in [0.25, 0.3) is 11.1 Å². The molecule has 148 valence electrons. The van der Waals surface area contributed by atoms with Gasteiger partial charge in [-0.1, -0.05) is 17.7 Å². The summed E-state index contributed by atoms with van der Waals surface area (Å²) < 4.78 is 40.3. The summed E-state index contributed by atoms with van der Waals surface area (Å²) in [6.45, 7) is 2.31. The van der Waals surface area contributed by atoms with E-state index in [2.05, 4.69) is 4.72 Å². The lowest BCUT2D eigenvalue weighted by molar-refractivity contribution is 0.123. The van der Waals surface area contributed by atoms with E-state index in [1.165, 1.54) is 22.8 Å². The van der Waals surface area contributed by atoms with Crippen LogP contribution in [0.15, 0.2) is 50.5 Å². The van der Waals surface area contributed by atoms with E-state index in [4.69, 9.17) is 20.8 Å². The van der Waals surface area contributed by atoms with Crippen LogP contribution in [0.1, 0.15) is 0 Å². The first kappa shape index (κ1) is 18.9. The van der Waals surface area contributed by atoms with Crippen LogP contribution in [-0.2, 0) is 21.8 Å². The number of nitrogens with one attached hydrogen (secondary N) is 1. The monoisotopic (exact) mass is 423 g/mol. The van der Waals surface area contributed by atoms with Crippen LogP contribution in [-0.4, -0.2) is 39.3 Å². The molecule has 0 spiro atoms. The molecule has 1 aliphatic rings. The quantitative estimate of drug-likeness (QED) is 0.692. The molecule has 0 unspecified atom stereocenters. The third-order valence-corrected chi connectivity index (χ3v) is 6.30. The van der Waals surface area contributed by atoms with E-state index in [0.29, 0.717) is 48.2 Å². The fourth-order valence-corrected chi connectivity index (χ4v) is 4.57. The molecule has 0 radical (unpaired) electrons. The van der Waals surface area contributed by atoms with Crippen LogP contribution in [0.3, 0.4) is 0 Å². The Hall–Kier alpha value is -2.49. The van der Waals surface area contributed by atoms with Gasteiger partial charge in [0.25, 0.3) is 10.0 Å². The van der Waals surface area contributed by atoms with Gasteiger partial charge in [0.1, 0.15) is 0 Å². The number of fused-ring (bicyclic) bond motifs is 1. The Balaban J connectivity index is 1.72. The molecule has 0 amide bonds. The molecule has 1 N–H and O–H groups in total. The number of sulfonamides is 1. The van der Waals surface area contributed by atoms with Crippen molar-refractivity contribution in [2.75, 3.05) is 35.9 Å². The SMILES string of the molecule is Cn1c(=O)oc2cc(S(=O)(=O)Nc3cccc(Cl)c3N3CCOCC3)ccc21. The number of rotatable bonds is 4. The summed E-state index contributed by atoms with van der Waals surface area (Å²) in [6, 6.07) is 9.36. The van der Waals surface area contributed by atoms with Gasteiger partial charge in [-0.3, -0.25) is 9.29 Å². The molecule has 1 saturated heterocycles. The molecule has 8 nitrogen and oxygen atoms in total. The van der Waals surface area contributed by atoms with Gasteiger partial charge in [0.2, 0.25) is 0 Å². The maximum atomic E-state index is 13.0. The molecule has 1 fully saturated rings. The Morgan fingerprint density at radius 1 is 1.14 bits per heavy atom. The second-order valence-electron chi connectivity index (χ2n) is 6.40. The van der Waals surface area contributed by atoms with Gasteiger partial charge >= 0.3 is 5.76 Å². The summed E-state index contributed by atoms with van der Waals surface area (Å²) in [5.41, 5.74) is 1.71. The molecule has 0 aliphatic carbocycles. The number of hydrogen-bond acceptors (Lipinski definition) is 6. The molecule has 0 saturated carbocycles. The average Bonchev–Trinajstić information content (AvgIpc) is 2.96. The Labute approximate surface area is 166 Å². The van der Waals surface area contributed by atoms with Crippen molar-refractivity contribution in [2.45, 2.75) is 4.90 Å². The first-order valence-electron chi connectivity index (χ1n) is 8.60. The van der Waals surface area contributed by atoms with E-state index in [0.717, 1.165) is 0 Å². The normalized spacial score (nSPS) is 15.1. The molecule has 1 aromatic heterocycles. The van der Waals surface area contributed by atoms with Crippen LogP contribution >= 0.6 is 11.6 Å². The smallest absolute Gasteiger partial charge is 0.408 e. The fraction of sp³-hybridized carbons (Fsp3) is 0.278. The number of nitrogens with zero attached hydrogens (tertiary/aromatic N) is 2. The van der Waals surface area contributed by atoms with Crippen LogP contribution in [0.2, 0.25) is 5.02 Å². The van der Waals surface area contributed by atoms with Gasteiger partial charge < -0.3 is 14.1 Å². The highest BCUT2D eigenvalue weighted by Gasteiger charge is 2.23. The number of oxazole rings is 1. The summed E-state index contributed by atoms with van der Waals surface area (Å²) in [5, 5.41) is 0.451. The highest BCUT2D eigenvalue weighted by atomic mass is 35.5. The molecule has 10 heteroatoms. The lowest BCUT2D eigenvalue weighted by Crippen LogP contribution is -2.37. The zero-order chi connectivity index (χ0) is 19.9. The summed E-state index contributed by atoms with van der Waals surface area (Å²) in [7, 11) is -2.37. The Morgan fingerprint density at radius 2 is 1.89 bits per heavy atom. The number of benzene rings is 2. The highest BCUT2D eigenvalue weighted by Crippen LogP contribution is 2.35. The predicted molar refractivity (Wildman–Crippen MR) is 107 cm³/mol. The minimum Gasteiger partial charge on any atom is -0.408 e. The van der Waals surface area contributed by atoms with E-state index in [9.17, 15) is 13.2 Å². The van der Waals surface area contributed by atoms with Crippen molar-refractivity contribution in [3.05, 3.63) is 52.0 Å². The molecule has 0 atom stereocenters. The lowest BCUT2D eigenvalue weighted by atomic mass is 10.2. The molecule has 2 aromatic carbocycles. The minimum absolute atomic E-state index is 0.0118. The topological polar surface area (TPSA) is 93.8 Å². The van der Waals surface area contributed by atoms with Crippen molar-refractivity contribution in [2.24, 2.45) is 7.05 Å². The van der Waals surface area contributed by atoms with Gasteiger partial charge in [-0.15, -0.1) is 0 Å². The van der Waals surface area contributed by atoms with Gasteiger partial charge in [0.05, 0.1) is 40.0 Å². The first-order chi connectivity index (χ1) is 13.4. The Morgan fingerprint density at radius 3 is 2.64 bits per heavy atom. The number of aromatic nitrogens is 1. The Bertz CT molecular complexity index is 1200. The largest absolute Gasteiger partial charge is 0.419 e. The zero-order valence-corrected chi connectivity index (χ0v) is 16.6. The molecular formula is C18H18ClN3O5S. The molecule has 3 aromatic rings. The van der Waals surface area contributed by atoms with Crippen LogP contribution in [0.5, 0.6) is 0 Å². The number of halogens is 1. The maximum Gasteiger partial charge on any atom is 0.419 e. The van der Waals surface area contributed by atoms with Gasteiger partial charge in [-0.05, 0) is 24.3 Å². The van der Waals surface area contributed by atoms with Crippen molar-refractivity contribution in [3.63, 3.8) is 0 Å². The van der Waals surface area contributed by atoms with Crippen molar-refractivity contribution >= 4 is 44.1 Å². The molecule has 2 heterocycles.